The lowest BCUT2D eigenvalue weighted by Gasteiger charge is -2.14. The number of hydrogen-bond acceptors (Lipinski definition) is 3. The topological polar surface area (TPSA) is 62.1 Å². The second-order valence-electron chi connectivity index (χ2n) is 4.39. The Balaban J connectivity index is 1.95. The lowest BCUT2D eigenvalue weighted by Crippen LogP contribution is -2.30. The summed E-state index contributed by atoms with van der Waals surface area (Å²) < 4.78 is 18.2. The Morgan fingerprint density at radius 1 is 1.19 bits per heavy atom. The van der Waals surface area contributed by atoms with Crippen LogP contribution in [0.5, 0.6) is 5.75 Å². The molecule has 1 atom stereocenters. The highest BCUT2D eigenvalue weighted by Crippen LogP contribution is 2.14. The van der Waals surface area contributed by atoms with Crippen molar-refractivity contribution in [3.8, 4) is 11.8 Å². The quantitative estimate of drug-likeness (QED) is 0.938. The molecule has 0 aliphatic heterocycles. The van der Waals surface area contributed by atoms with E-state index in [-0.39, 0.29) is 11.7 Å². The lowest BCUT2D eigenvalue weighted by molar-refractivity contribution is -0.122. The van der Waals surface area contributed by atoms with Crippen LogP contribution in [0, 0.1) is 17.1 Å². The lowest BCUT2D eigenvalue weighted by atomic mass is 10.2. The van der Waals surface area contributed by atoms with Gasteiger partial charge in [0.05, 0.1) is 11.6 Å². The highest BCUT2D eigenvalue weighted by atomic mass is 19.1. The average Bonchev–Trinajstić information content (AvgIpc) is 2.50. The molecular weight excluding hydrogens is 271 g/mol. The van der Waals surface area contributed by atoms with Crippen LogP contribution < -0.4 is 10.1 Å². The van der Waals surface area contributed by atoms with E-state index in [9.17, 15) is 9.18 Å². The molecule has 0 fully saturated rings. The summed E-state index contributed by atoms with van der Waals surface area (Å²) in [6, 6.07) is 14.0. The van der Waals surface area contributed by atoms with Crippen LogP contribution in [0.15, 0.2) is 48.5 Å². The molecule has 0 aliphatic carbocycles. The van der Waals surface area contributed by atoms with E-state index in [1.165, 1.54) is 24.3 Å². The predicted molar refractivity (Wildman–Crippen MR) is 76.3 cm³/mol. The van der Waals surface area contributed by atoms with Crippen LogP contribution in [0.3, 0.4) is 0 Å². The van der Waals surface area contributed by atoms with E-state index < -0.39 is 6.10 Å². The minimum atomic E-state index is -0.730. The molecule has 4 nitrogen and oxygen atoms in total. The molecule has 2 aromatic rings. The van der Waals surface area contributed by atoms with Crippen molar-refractivity contribution in [1.82, 2.24) is 0 Å². The molecular formula is C16H13FN2O2. The monoisotopic (exact) mass is 284 g/mol. The Kier molecular flexibility index (Phi) is 4.52. The fourth-order valence-corrected chi connectivity index (χ4v) is 1.64. The van der Waals surface area contributed by atoms with E-state index in [1.807, 2.05) is 6.07 Å². The molecule has 0 saturated heterocycles. The number of nitrogens with zero attached hydrogens (tertiary/aromatic N) is 1. The second kappa shape index (κ2) is 6.53. The smallest absolute Gasteiger partial charge is 0.265 e. The molecule has 2 aromatic carbocycles. The summed E-state index contributed by atoms with van der Waals surface area (Å²) in [7, 11) is 0. The van der Waals surface area contributed by atoms with Crippen LogP contribution in [0.1, 0.15) is 12.5 Å². The summed E-state index contributed by atoms with van der Waals surface area (Å²) in [5.74, 6) is -0.278. The van der Waals surface area contributed by atoms with Gasteiger partial charge in [-0.05, 0) is 55.5 Å². The zero-order valence-electron chi connectivity index (χ0n) is 11.3. The minimum absolute atomic E-state index is 0.330. The van der Waals surface area contributed by atoms with Crippen LogP contribution in [-0.2, 0) is 4.79 Å². The summed E-state index contributed by atoms with van der Waals surface area (Å²) in [4.78, 5) is 12.0. The van der Waals surface area contributed by atoms with Gasteiger partial charge in [0.1, 0.15) is 11.6 Å². The first-order valence-electron chi connectivity index (χ1n) is 6.32. The van der Waals surface area contributed by atoms with E-state index >= 15 is 0 Å². The fraction of sp³-hybridized carbons (Fsp3) is 0.125. The van der Waals surface area contributed by atoms with Gasteiger partial charge in [0.25, 0.3) is 5.91 Å². The third-order valence-electron chi connectivity index (χ3n) is 2.78. The molecule has 0 aromatic heterocycles. The van der Waals surface area contributed by atoms with E-state index in [0.29, 0.717) is 17.0 Å². The van der Waals surface area contributed by atoms with Crippen molar-refractivity contribution in [2.45, 2.75) is 13.0 Å². The van der Waals surface area contributed by atoms with Gasteiger partial charge in [-0.3, -0.25) is 4.79 Å². The summed E-state index contributed by atoms with van der Waals surface area (Å²) >= 11 is 0. The van der Waals surface area contributed by atoms with Gasteiger partial charge >= 0.3 is 0 Å². The standard InChI is InChI=1S/C16H13FN2O2/c1-11(21-15-8-4-13(17)5-9-15)16(20)19-14-6-2-12(10-18)3-7-14/h2-9,11H,1H3,(H,19,20). The molecule has 0 saturated carbocycles. The normalized spacial score (nSPS) is 11.3. The van der Waals surface area contributed by atoms with Crippen LogP contribution >= 0.6 is 0 Å². The second-order valence-corrected chi connectivity index (χ2v) is 4.39. The maximum Gasteiger partial charge on any atom is 0.265 e. The predicted octanol–water partition coefficient (Wildman–Crippen LogP) is 3.10. The number of nitriles is 1. The summed E-state index contributed by atoms with van der Waals surface area (Å²) in [5.41, 5.74) is 1.09. The molecule has 0 spiro atoms. The zero-order valence-corrected chi connectivity index (χ0v) is 11.3. The number of carbonyl (C=O) groups is 1. The fourth-order valence-electron chi connectivity index (χ4n) is 1.64. The Hall–Kier alpha value is -2.87. The molecule has 1 amide bonds. The van der Waals surface area contributed by atoms with Gasteiger partial charge < -0.3 is 10.1 Å². The largest absolute Gasteiger partial charge is 0.481 e. The van der Waals surface area contributed by atoms with Gasteiger partial charge in [0.2, 0.25) is 0 Å². The maximum atomic E-state index is 12.8. The molecule has 0 aliphatic rings. The Morgan fingerprint density at radius 3 is 2.38 bits per heavy atom. The number of benzene rings is 2. The average molecular weight is 284 g/mol. The number of carbonyl (C=O) groups excluding carboxylic acids is 1. The first-order valence-corrected chi connectivity index (χ1v) is 6.32. The van der Waals surface area contributed by atoms with Gasteiger partial charge in [-0.1, -0.05) is 0 Å². The Bertz CT molecular complexity index is 660. The third-order valence-corrected chi connectivity index (χ3v) is 2.78. The van der Waals surface area contributed by atoms with Gasteiger partial charge in [0, 0.05) is 5.69 Å². The van der Waals surface area contributed by atoms with Crippen LogP contribution in [0.2, 0.25) is 0 Å². The van der Waals surface area contributed by atoms with Gasteiger partial charge in [-0.15, -0.1) is 0 Å². The van der Waals surface area contributed by atoms with Crippen molar-refractivity contribution in [3.05, 3.63) is 59.9 Å². The number of hydrogen-bond donors (Lipinski definition) is 1. The molecule has 0 radical (unpaired) electrons. The van der Waals surface area contributed by atoms with Gasteiger partial charge in [0.15, 0.2) is 6.10 Å². The van der Waals surface area contributed by atoms with Crippen molar-refractivity contribution in [3.63, 3.8) is 0 Å². The molecule has 0 heterocycles. The van der Waals surface area contributed by atoms with Crippen molar-refractivity contribution >= 4 is 11.6 Å². The highest BCUT2D eigenvalue weighted by molar-refractivity contribution is 5.94. The Morgan fingerprint density at radius 2 is 1.81 bits per heavy atom. The SMILES string of the molecule is CC(Oc1ccc(F)cc1)C(=O)Nc1ccc(C#N)cc1. The number of nitrogens with one attached hydrogen (secondary N) is 1. The van der Waals surface area contributed by atoms with Crippen molar-refractivity contribution in [1.29, 1.82) is 5.26 Å². The van der Waals surface area contributed by atoms with E-state index in [1.54, 1.807) is 31.2 Å². The molecule has 0 bridgehead atoms. The van der Waals surface area contributed by atoms with Crippen LogP contribution in [0.25, 0.3) is 0 Å². The van der Waals surface area contributed by atoms with E-state index in [2.05, 4.69) is 5.32 Å². The van der Waals surface area contributed by atoms with Crippen molar-refractivity contribution in [2.24, 2.45) is 0 Å². The molecule has 1 N–H and O–H groups in total. The summed E-state index contributed by atoms with van der Waals surface area (Å²) in [6.45, 7) is 1.60. The zero-order chi connectivity index (χ0) is 15.2. The van der Waals surface area contributed by atoms with Crippen LogP contribution in [-0.4, -0.2) is 12.0 Å². The highest BCUT2D eigenvalue weighted by Gasteiger charge is 2.14. The number of anilines is 1. The van der Waals surface area contributed by atoms with E-state index in [4.69, 9.17) is 10.00 Å². The maximum absolute atomic E-state index is 12.8. The minimum Gasteiger partial charge on any atom is -0.481 e. The molecule has 21 heavy (non-hydrogen) atoms. The molecule has 106 valence electrons. The molecule has 5 heteroatoms. The first kappa shape index (κ1) is 14.5. The Labute approximate surface area is 121 Å². The van der Waals surface area contributed by atoms with Crippen LogP contribution in [0.4, 0.5) is 10.1 Å². The van der Waals surface area contributed by atoms with Gasteiger partial charge in [-0.2, -0.15) is 5.26 Å². The van der Waals surface area contributed by atoms with Crippen molar-refractivity contribution < 1.29 is 13.9 Å². The summed E-state index contributed by atoms with van der Waals surface area (Å²) in [6.07, 6.45) is -0.730. The third kappa shape index (κ3) is 4.05. The summed E-state index contributed by atoms with van der Waals surface area (Å²) in [5, 5.41) is 11.4. The number of halogens is 1. The van der Waals surface area contributed by atoms with Gasteiger partial charge in [-0.25, -0.2) is 4.39 Å². The number of rotatable bonds is 4. The molecule has 1 unspecified atom stereocenters. The molecule has 2 rings (SSSR count). The number of amides is 1. The number of ether oxygens (including phenoxy) is 1. The van der Waals surface area contributed by atoms with Crippen molar-refractivity contribution in [2.75, 3.05) is 5.32 Å². The van der Waals surface area contributed by atoms with E-state index in [0.717, 1.165) is 0 Å². The first-order chi connectivity index (χ1) is 10.1.